The van der Waals surface area contributed by atoms with Crippen molar-refractivity contribution >= 4 is 11.5 Å². The molecule has 0 bridgehead atoms. The summed E-state index contributed by atoms with van der Waals surface area (Å²) in [6.07, 6.45) is 1.54. The number of aryl methyl sites for hydroxylation is 4. The van der Waals surface area contributed by atoms with Gasteiger partial charge >= 0.3 is 0 Å². The van der Waals surface area contributed by atoms with Gasteiger partial charge in [-0.3, -0.25) is 0 Å². The van der Waals surface area contributed by atoms with E-state index in [2.05, 4.69) is 21.1 Å². The molecule has 0 aliphatic rings. The lowest BCUT2D eigenvalue weighted by molar-refractivity contribution is 0.205. The molecule has 0 saturated heterocycles. The van der Waals surface area contributed by atoms with Gasteiger partial charge in [-0.15, -0.1) is 0 Å². The van der Waals surface area contributed by atoms with Crippen LogP contribution in [0.2, 0.25) is 0 Å². The Morgan fingerprint density at radius 1 is 1.00 bits per heavy atom. The summed E-state index contributed by atoms with van der Waals surface area (Å²) in [6.45, 7) is 7.87. The fraction of sp³-hybridized carbons (Fsp3) is 0.440. The Morgan fingerprint density at radius 2 is 1.83 bits per heavy atom. The Kier molecular flexibility index (Phi) is 7.50. The standard InChI is InChI=1S/C25H32N6O4/c1-16-14-23(30(12-13-32-4)11-7-8-22-27-18(3)29-35-22)31-25(26-16)24(17(2)28-31)20-10-9-19(33-5)15-21(20)34-6/h9-10,14-15H,7-8,11-13H2,1-6H3. The first-order valence-corrected chi connectivity index (χ1v) is 11.6. The smallest absolute Gasteiger partial charge is 0.226 e. The van der Waals surface area contributed by atoms with E-state index in [9.17, 15) is 0 Å². The van der Waals surface area contributed by atoms with Crippen molar-refractivity contribution in [1.82, 2.24) is 24.7 Å². The van der Waals surface area contributed by atoms with Crippen molar-refractivity contribution in [2.24, 2.45) is 0 Å². The zero-order valence-corrected chi connectivity index (χ0v) is 21.2. The van der Waals surface area contributed by atoms with Gasteiger partial charge in [0.1, 0.15) is 17.3 Å². The van der Waals surface area contributed by atoms with Crippen molar-refractivity contribution in [2.75, 3.05) is 45.9 Å². The van der Waals surface area contributed by atoms with E-state index in [4.69, 9.17) is 28.8 Å². The fourth-order valence-corrected chi connectivity index (χ4v) is 4.18. The van der Waals surface area contributed by atoms with Crippen LogP contribution in [0.1, 0.15) is 29.5 Å². The monoisotopic (exact) mass is 480 g/mol. The van der Waals surface area contributed by atoms with Crippen molar-refractivity contribution in [2.45, 2.75) is 33.6 Å². The molecule has 0 aliphatic heterocycles. The maximum absolute atomic E-state index is 5.68. The van der Waals surface area contributed by atoms with E-state index in [1.165, 1.54) is 0 Å². The molecular weight excluding hydrogens is 448 g/mol. The average molecular weight is 481 g/mol. The molecular formula is C25H32N6O4. The summed E-state index contributed by atoms with van der Waals surface area (Å²) >= 11 is 0. The largest absolute Gasteiger partial charge is 0.497 e. The van der Waals surface area contributed by atoms with Crippen molar-refractivity contribution < 1.29 is 18.7 Å². The second-order valence-corrected chi connectivity index (χ2v) is 8.34. The Labute approximate surface area is 204 Å². The van der Waals surface area contributed by atoms with Crippen molar-refractivity contribution in [3.8, 4) is 22.6 Å². The van der Waals surface area contributed by atoms with Gasteiger partial charge in [-0.2, -0.15) is 14.6 Å². The third-order valence-corrected chi connectivity index (χ3v) is 5.83. The number of rotatable bonds is 11. The van der Waals surface area contributed by atoms with E-state index < -0.39 is 0 Å². The topological polar surface area (TPSA) is 100 Å². The summed E-state index contributed by atoms with van der Waals surface area (Å²) in [4.78, 5) is 11.4. The molecule has 35 heavy (non-hydrogen) atoms. The molecule has 0 fully saturated rings. The van der Waals surface area contributed by atoms with Gasteiger partial charge in [-0.25, -0.2) is 4.98 Å². The summed E-state index contributed by atoms with van der Waals surface area (Å²) in [5, 5.41) is 8.77. The second-order valence-electron chi connectivity index (χ2n) is 8.34. The Morgan fingerprint density at radius 3 is 2.51 bits per heavy atom. The molecule has 10 nitrogen and oxygen atoms in total. The zero-order chi connectivity index (χ0) is 24.9. The Bertz CT molecular complexity index is 1300. The van der Waals surface area contributed by atoms with Gasteiger partial charge in [0.05, 0.1) is 32.1 Å². The van der Waals surface area contributed by atoms with Crippen LogP contribution in [0, 0.1) is 20.8 Å². The van der Waals surface area contributed by atoms with Crippen LogP contribution in [0.15, 0.2) is 28.8 Å². The number of nitrogens with zero attached hydrogens (tertiary/aromatic N) is 6. The average Bonchev–Trinajstić information content (AvgIpc) is 3.42. The zero-order valence-electron chi connectivity index (χ0n) is 21.2. The first-order valence-electron chi connectivity index (χ1n) is 11.6. The highest BCUT2D eigenvalue weighted by atomic mass is 16.5. The van der Waals surface area contributed by atoms with Crippen molar-refractivity contribution in [1.29, 1.82) is 0 Å². The highest BCUT2D eigenvalue weighted by Crippen LogP contribution is 2.38. The summed E-state index contributed by atoms with van der Waals surface area (Å²) in [7, 11) is 5.00. The minimum absolute atomic E-state index is 0.585. The lowest BCUT2D eigenvalue weighted by atomic mass is 10.0. The summed E-state index contributed by atoms with van der Waals surface area (Å²) < 4.78 is 23.6. The predicted octanol–water partition coefficient (Wildman–Crippen LogP) is 3.81. The van der Waals surface area contributed by atoms with E-state index >= 15 is 0 Å². The van der Waals surface area contributed by atoms with E-state index in [0.717, 1.165) is 52.7 Å². The van der Waals surface area contributed by atoms with Crippen LogP contribution in [-0.2, 0) is 11.2 Å². The van der Waals surface area contributed by atoms with Crippen molar-refractivity contribution in [3.05, 3.63) is 47.4 Å². The Hall–Kier alpha value is -3.66. The van der Waals surface area contributed by atoms with Crippen LogP contribution in [0.3, 0.4) is 0 Å². The predicted molar refractivity (Wildman–Crippen MR) is 132 cm³/mol. The first kappa shape index (κ1) is 24.5. The number of benzene rings is 1. The number of anilines is 1. The number of fused-ring (bicyclic) bond motifs is 1. The van der Waals surface area contributed by atoms with Gasteiger partial charge in [-0.1, -0.05) is 5.16 Å². The third kappa shape index (κ3) is 5.22. The normalized spacial score (nSPS) is 11.3. The summed E-state index contributed by atoms with van der Waals surface area (Å²) in [6, 6.07) is 7.84. The molecule has 3 heterocycles. The van der Waals surface area contributed by atoms with Gasteiger partial charge in [0.25, 0.3) is 0 Å². The highest BCUT2D eigenvalue weighted by molar-refractivity contribution is 5.85. The quantitative estimate of drug-likeness (QED) is 0.317. The summed E-state index contributed by atoms with van der Waals surface area (Å²) in [5.74, 6) is 3.68. The van der Waals surface area contributed by atoms with Gasteiger partial charge in [0.15, 0.2) is 11.5 Å². The number of aromatic nitrogens is 5. The molecule has 0 aliphatic carbocycles. The SMILES string of the molecule is COCCN(CCCc1nc(C)no1)c1cc(C)nc2c(-c3ccc(OC)cc3OC)c(C)nn12. The van der Waals surface area contributed by atoms with Crippen LogP contribution in [0.4, 0.5) is 5.82 Å². The van der Waals surface area contributed by atoms with E-state index in [0.29, 0.717) is 37.0 Å². The fourth-order valence-electron chi connectivity index (χ4n) is 4.18. The van der Waals surface area contributed by atoms with E-state index in [1.54, 1.807) is 21.3 Å². The minimum atomic E-state index is 0.585. The van der Waals surface area contributed by atoms with Gasteiger partial charge in [0.2, 0.25) is 5.89 Å². The molecule has 3 aromatic heterocycles. The first-order chi connectivity index (χ1) is 16.9. The van der Waals surface area contributed by atoms with Gasteiger partial charge in [0, 0.05) is 50.0 Å². The van der Waals surface area contributed by atoms with Crippen LogP contribution < -0.4 is 14.4 Å². The molecule has 10 heteroatoms. The summed E-state index contributed by atoms with van der Waals surface area (Å²) in [5.41, 5.74) is 4.38. The van der Waals surface area contributed by atoms with Crippen LogP contribution in [-0.4, -0.2) is 65.8 Å². The number of methoxy groups -OCH3 is 3. The molecule has 0 amide bonds. The molecule has 4 rings (SSSR count). The molecule has 0 radical (unpaired) electrons. The van der Waals surface area contributed by atoms with Crippen LogP contribution in [0.25, 0.3) is 16.8 Å². The second kappa shape index (κ2) is 10.7. The molecule has 4 aromatic rings. The van der Waals surface area contributed by atoms with Crippen LogP contribution >= 0.6 is 0 Å². The highest BCUT2D eigenvalue weighted by Gasteiger charge is 2.22. The third-order valence-electron chi connectivity index (χ3n) is 5.83. The lowest BCUT2D eigenvalue weighted by Crippen LogP contribution is -2.31. The molecule has 0 spiro atoms. The van der Waals surface area contributed by atoms with E-state index in [1.807, 2.05) is 43.5 Å². The van der Waals surface area contributed by atoms with Gasteiger partial charge < -0.3 is 23.6 Å². The molecule has 0 N–H and O–H groups in total. The Balaban J connectivity index is 1.74. The molecule has 186 valence electrons. The lowest BCUT2D eigenvalue weighted by Gasteiger charge is -2.25. The maximum atomic E-state index is 5.68. The minimum Gasteiger partial charge on any atom is -0.497 e. The van der Waals surface area contributed by atoms with E-state index in [-0.39, 0.29) is 0 Å². The molecule has 0 atom stereocenters. The number of hydrogen-bond donors (Lipinski definition) is 0. The molecule has 0 unspecified atom stereocenters. The number of hydrogen-bond acceptors (Lipinski definition) is 9. The van der Waals surface area contributed by atoms with Crippen molar-refractivity contribution in [3.63, 3.8) is 0 Å². The molecule has 1 aromatic carbocycles. The molecule has 0 saturated carbocycles. The maximum Gasteiger partial charge on any atom is 0.226 e. The van der Waals surface area contributed by atoms with Gasteiger partial charge in [-0.05, 0) is 39.3 Å². The van der Waals surface area contributed by atoms with Crippen LogP contribution in [0.5, 0.6) is 11.5 Å². The number of ether oxygens (including phenoxy) is 3.